The van der Waals surface area contributed by atoms with Gasteiger partial charge in [-0.2, -0.15) is 0 Å². The van der Waals surface area contributed by atoms with Crippen LogP contribution < -0.4 is 5.32 Å². The number of rotatable bonds is 6. The topological polar surface area (TPSA) is 34.1 Å². The molecule has 1 N–H and O–H groups in total. The van der Waals surface area contributed by atoms with Gasteiger partial charge in [-0.15, -0.1) is 0 Å². The quantitative estimate of drug-likeness (QED) is 0.615. The van der Waals surface area contributed by atoms with Gasteiger partial charge in [0.05, 0.1) is 0 Å². The van der Waals surface area contributed by atoms with E-state index in [2.05, 4.69) is 64.2 Å². The Balaban J connectivity index is 1.50. The predicted octanol–water partition coefficient (Wildman–Crippen LogP) is 2.50. The molecule has 0 spiro atoms. The van der Waals surface area contributed by atoms with Gasteiger partial charge in [0.25, 0.3) is 0 Å². The summed E-state index contributed by atoms with van der Waals surface area (Å²) < 4.78 is 0. The zero-order valence-corrected chi connectivity index (χ0v) is 17.2. The summed E-state index contributed by atoms with van der Waals surface area (Å²) in [4.78, 5) is 12.6. The first kappa shape index (κ1) is 20.2. The number of aliphatic imine (C=N–C) groups is 1. The molecule has 5 heteroatoms. The minimum atomic E-state index is 0.715. The lowest BCUT2D eigenvalue weighted by molar-refractivity contribution is 0.170. The largest absolute Gasteiger partial charge is 0.357 e. The van der Waals surface area contributed by atoms with E-state index in [4.69, 9.17) is 4.99 Å². The summed E-state index contributed by atoms with van der Waals surface area (Å²) in [7, 11) is 0. The Morgan fingerprint density at radius 1 is 1.04 bits per heavy atom. The molecule has 0 amide bonds. The van der Waals surface area contributed by atoms with E-state index in [0.29, 0.717) is 5.92 Å². The Bertz CT molecular complexity index is 565. The Morgan fingerprint density at radius 2 is 1.81 bits per heavy atom. The molecule has 150 valence electrons. The van der Waals surface area contributed by atoms with Gasteiger partial charge in [0.15, 0.2) is 5.96 Å². The lowest BCUT2D eigenvalue weighted by atomic mass is 9.98. The fraction of sp³-hybridized carbons (Fsp3) is 0.682. The first-order valence-corrected chi connectivity index (χ1v) is 10.8. The van der Waals surface area contributed by atoms with Gasteiger partial charge in [0.1, 0.15) is 0 Å². The van der Waals surface area contributed by atoms with Crippen LogP contribution in [0.4, 0.5) is 0 Å². The maximum atomic E-state index is 5.02. The Labute approximate surface area is 165 Å². The summed E-state index contributed by atoms with van der Waals surface area (Å²) in [5.74, 6) is 1.83. The second-order valence-electron chi connectivity index (χ2n) is 7.84. The molecule has 2 saturated heterocycles. The van der Waals surface area contributed by atoms with Gasteiger partial charge < -0.3 is 15.1 Å². The van der Waals surface area contributed by atoms with Crippen molar-refractivity contribution in [3.8, 4) is 0 Å². The molecule has 2 aliphatic rings. The number of guanidine groups is 1. The summed E-state index contributed by atoms with van der Waals surface area (Å²) in [5, 5.41) is 3.53. The number of nitrogens with zero attached hydrogens (tertiary/aromatic N) is 4. The fourth-order valence-corrected chi connectivity index (χ4v) is 4.19. The second kappa shape index (κ2) is 10.7. The van der Waals surface area contributed by atoms with Crippen molar-refractivity contribution in [1.29, 1.82) is 0 Å². The summed E-state index contributed by atoms with van der Waals surface area (Å²) in [5.41, 5.74) is 1.41. The van der Waals surface area contributed by atoms with Gasteiger partial charge in [-0.25, -0.2) is 0 Å². The van der Waals surface area contributed by atoms with Crippen LogP contribution in [-0.4, -0.2) is 79.6 Å². The summed E-state index contributed by atoms with van der Waals surface area (Å²) in [6.07, 6.45) is 2.65. The normalized spacial score (nSPS) is 22.8. The van der Waals surface area contributed by atoms with E-state index in [9.17, 15) is 0 Å². The lowest BCUT2D eigenvalue weighted by Gasteiger charge is -2.37. The Morgan fingerprint density at radius 3 is 2.52 bits per heavy atom. The maximum Gasteiger partial charge on any atom is 0.194 e. The molecule has 1 aromatic rings. The van der Waals surface area contributed by atoms with Gasteiger partial charge in [-0.05, 0) is 44.3 Å². The average Bonchev–Trinajstić information content (AvgIpc) is 2.73. The molecule has 1 unspecified atom stereocenters. The van der Waals surface area contributed by atoms with Gasteiger partial charge in [0.2, 0.25) is 0 Å². The predicted molar refractivity (Wildman–Crippen MR) is 114 cm³/mol. The highest BCUT2D eigenvalue weighted by Gasteiger charge is 2.21. The van der Waals surface area contributed by atoms with E-state index in [1.165, 1.54) is 38.0 Å². The molecule has 2 heterocycles. The van der Waals surface area contributed by atoms with E-state index in [1.807, 2.05) is 0 Å². The number of likely N-dealkylation sites (tertiary alicyclic amines) is 1. The molecule has 27 heavy (non-hydrogen) atoms. The Hall–Kier alpha value is -1.59. The van der Waals surface area contributed by atoms with Crippen LogP contribution in [0, 0.1) is 5.92 Å². The zero-order chi connectivity index (χ0) is 18.9. The van der Waals surface area contributed by atoms with Crippen LogP contribution in [0.2, 0.25) is 0 Å². The van der Waals surface area contributed by atoms with Gasteiger partial charge in [-0.1, -0.05) is 37.3 Å². The molecule has 1 atom stereocenters. The van der Waals surface area contributed by atoms with Gasteiger partial charge >= 0.3 is 0 Å². The molecule has 0 bridgehead atoms. The minimum absolute atomic E-state index is 0.715. The molecule has 0 saturated carbocycles. The number of hydrogen-bond donors (Lipinski definition) is 1. The van der Waals surface area contributed by atoms with Crippen molar-refractivity contribution in [2.45, 2.75) is 33.2 Å². The molecule has 0 aromatic heterocycles. The number of benzene rings is 1. The molecule has 3 rings (SSSR count). The summed E-state index contributed by atoms with van der Waals surface area (Å²) >= 11 is 0. The van der Waals surface area contributed by atoms with Crippen molar-refractivity contribution >= 4 is 5.96 Å². The van der Waals surface area contributed by atoms with E-state index in [1.54, 1.807) is 0 Å². The third kappa shape index (κ3) is 6.22. The van der Waals surface area contributed by atoms with E-state index in [-0.39, 0.29) is 0 Å². The molecular formula is C22H37N5. The molecular weight excluding hydrogens is 334 g/mol. The van der Waals surface area contributed by atoms with Crippen molar-refractivity contribution in [3.63, 3.8) is 0 Å². The van der Waals surface area contributed by atoms with Crippen LogP contribution in [-0.2, 0) is 6.54 Å². The molecule has 0 aliphatic carbocycles. The number of nitrogens with one attached hydrogen (secondary N) is 1. The van der Waals surface area contributed by atoms with Crippen molar-refractivity contribution in [2.24, 2.45) is 10.9 Å². The van der Waals surface area contributed by atoms with Crippen molar-refractivity contribution in [2.75, 3.05) is 58.9 Å². The Kier molecular flexibility index (Phi) is 7.96. The molecule has 1 aromatic carbocycles. The van der Waals surface area contributed by atoms with Gasteiger partial charge in [-0.3, -0.25) is 9.89 Å². The monoisotopic (exact) mass is 371 g/mol. The third-order valence-electron chi connectivity index (χ3n) is 5.81. The fourth-order valence-electron chi connectivity index (χ4n) is 4.19. The van der Waals surface area contributed by atoms with Crippen molar-refractivity contribution in [3.05, 3.63) is 35.9 Å². The van der Waals surface area contributed by atoms with Crippen LogP contribution in [0.15, 0.2) is 35.3 Å². The average molecular weight is 372 g/mol. The molecule has 2 fully saturated rings. The number of piperazine rings is 1. The highest BCUT2D eigenvalue weighted by molar-refractivity contribution is 5.80. The van der Waals surface area contributed by atoms with Crippen LogP contribution in [0.1, 0.15) is 32.3 Å². The van der Waals surface area contributed by atoms with E-state index >= 15 is 0 Å². The molecule has 5 nitrogen and oxygen atoms in total. The first-order chi connectivity index (χ1) is 13.3. The highest BCUT2D eigenvalue weighted by Crippen LogP contribution is 2.16. The van der Waals surface area contributed by atoms with Crippen LogP contribution in [0.5, 0.6) is 0 Å². The van der Waals surface area contributed by atoms with Crippen molar-refractivity contribution in [1.82, 2.24) is 20.0 Å². The van der Waals surface area contributed by atoms with Crippen LogP contribution in [0.3, 0.4) is 0 Å². The molecule has 2 aliphatic heterocycles. The smallest absolute Gasteiger partial charge is 0.194 e. The van der Waals surface area contributed by atoms with Crippen LogP contribution in [0.25, 0.3) is 0 Å². The first-order valence-electron chi connectivity index (χ1n) is 10.8. The van der Waals surface area contributed by atoms with E-state index < -0.39 is 0 Å². The standard InChI is InChI=1S/C22H37N5/c1-3-23-22(24-17-21-11-8-12-25(4-2)19-21)27-15-13-26(14-16-27)18-20-9-6-5-7-10-20/h5-7,9-10,21H,3-4,8,11-19H2,1-2H3,(H,23,24). The second-order valence-corrected chi connectivity index (χ2v) is 7.84. The third-order valence-corrected chi connectivity index (χ3v) is 5.81. The highest BCUT2D eigenvalue weighted by atomic mass is 15.3. The van der Waals surface area contributed by atoms with E-state index in [0.717, 1.165) is 51.8 Å². The van der Waals surface area contributed by atoms with Gasteiger partial charge in [0, 0.05) is 52.4 Å². The maximum absolute atomic E-state index is 5.02. The minimum Gasteiger partial charge on any atom is -0.357 e. The van der Waals surface area contributed by atoms with Crippen molar-refractivity contribution < 1.29 is 0 Å². The molecule has 0 radical (unpaired) electrons. The summed E-state index contributed by atoms with van der Waals surface area (Å²) in [6.45, 7) is 15.4. The summed E-state index contributed by atoms with van der Waals surface area (Å²) in [6, 6.07) is 10.8. The lowest BCUT2D eigenvalue weighted by Crippen LogP contribution is -2.52. The SMILES string of the molecule is CCNC(=NCC1CCCN(CC)C1)N1CCN(Cc2ccccc2)CC1. The number of piperidine rings is 1. The zero-order valence-electron chi connectivity index (χ0n) is 17.2. The number of hydrogen-bond acceptors (Lipinski definition) is 3. The van der Waals surface area contributed by atoms with Crippen LogP contribution >= 0.6 is 0 Å².